The molecule has 0 aliphatic carbocycles. The van der Waals surface area contributed by atoms with E-state index in [4.69, 9.17) is 27.9 Å². The molecule has 2 aromatic rings. The van der Waals surface area contributed by atoms with Gasteiger partial charge in [-0.3, -0.25) is 4.79 Å². The molecule has 2 aromatic carbocycles. The van der Waals surface area contributed by atoms with Crippen LogP contribution in [0, 0.1) is 5.82 Å². The van der Waals surface area contributed by atoms with Crippen LogP contribution in [0.15, 0.2) is 42.5 Å². The quantitative estimate of drug-likeness (QED) is 0.920. The van der Waals surface area contributed by atoms with E-state index < -0.39 is 5.82 Å². The smallest absolute Gasteiger partial charge is 0.262 e. The summed E-state index contributed by atoms with van der Waals surface area (Å²) in [5.74, 6) is -0.383. The van der Waals surface area contributed by atoms with E-state index in [-0.39, 0.29) is 17.5 Å². The third kappa shape index (κ3) is 4.11. The molecule has 0 saturated carbocycles. The summed E-state index contributed by atoms with van der Waals surface area (Å²) in [5.41, 5.74) is 0.404. The lowest BCUT2D eigenvalue weighted by Crippen LogP contribution is -2.20. The number of carbonyl (C=O) groups is 1. The minimum Gasteiger partial charge on any atom is -0.484 e. The number of nitrogens with one attached hydrogen (secondary N) is 1. The maximum Gasteiger partial charge on any atom is 0.262 e. The van der Waals surface area contributed by atoms with Gasteiger partial charge in [0.2, 0.25) is 0 Å². The van der Waals surface area contributed by atoms with Crippen LogP contribution in [0.2, 0.25) is 10.0 Å². The number of halogens is 3. The molecule has 20 heavy (non-hydrogen) atoms. The highest BCUT2D eigenvalue weighted by atomic mass is 35.5. The van der Waals surface area contributed by atoms with Gasteiger partial charge in [-0.1, -0.05) is 23.2 Å². The van der Waals surface area contributed by atoms with E-state index in [2.05, 4.69) is 5.32 Å². The number of anilines is 1. The Hall–Kier alpha value is -1.78. The van der Waals surface area contributed by atoms with Gasteiger partial charge in [-0.15, -0.1) is 0 Å². The highest BCUT2D eigenvalue weighted by Gasteiger charge is 2.06. The second-order valence-corrected chi connectivity index (χ2v) is 4.76. The number of carbonyl (C=O) groups excluding carboxylic acids is 1. The Balaban J connectivity index is 1.89. The number of ether oxygens (including phenoxy) is 1. The van der Waals surface area contributed by atoms with E-state index in [0.717, 1.165) is 0 Å². The van der Waals surface area contributed by atoms with Crippen molar-refractivity contribution in [3.05, 3.63) is 58.3 Å². The minimum atomic E-state index is -0.540. The molecule has 6 heteroatoms. The molecule has 0 fully saturated rings. The zero-order valence-electron chi connectivity index (χ0n) is 10.2. The van der Waals surface area contributed by atoms with E-state index >= 15 is 0 Å². The molecular weight excluding hydrogens is 304 g/mol. The van der Waals surface area contributed by atoms with Gasteiger partial charge in [-0.05, 0) is 42.5 Å². The van der Waals surface area contributed by atoms with Crippen molar-refractivity contribution in [2.75, 3.05) is 11.9 Å². The Morgan fingerprint density at radius 2 is 1.85 bits per heavy atom. The number of rotatable bonds is 4. The first-order chi connectivity index (χ1) is 9.54. The predicted octanol–water partition coefficient (Wildman–Crippen LogP) is 4.15. The fourth-order valence-electron chi connectivity index (χ4n) is 1.45. The molecule has 3 nitrogen and oxygen atoms in total. The van der Waals surface area contributed by atoms with Crippen LogP contribution >= 0.6 is 23.2 Å². The monoisotopic (exact) mass is 313 g/mol. The van der Waals surface area contributed by atoms with Gasteiger partial charge >= 0.3 is 0 Å². The molecule has 0 radical (unpaired) electrons. The summed E-state index contributed by atoms with van der Waals surface area (Å²) in [7, 11) is 0. The second kappa shape index (κ2) is 6.59. The fraction of sp³-hybridized carbons (Fsp3) is 0.0714. The molecule has 1 amide bonds. The SMILES string of the molecule is O=C(COc1ccc(Cl)cc1)Nc1ccc(F)c(Cl)c1. The van der Waals surface area contributed by atoms with Crippen molar-refractivity contribution in [1.29, 1.82) is 0 Å². The predicted molar refractivity (Wildman–Crippen MR) is 77.0 cm³/mol. The van der Waals surface area contributed by atoms with E-state index in [9.17, 15) is 9.18 Å². The van der Waals surface area contributed by atoms with E-state index in [1.807, 2.05) is 0 Å². The van der Waals surface area contributed by atoms with Gasteiger partial charge in [0.05, 0.1) is 5.02 Å². The summed E-state index contributed by atoms with van der Waals surface area (Å²) in [4.78, 5) is 11.6. The summed E-state index contributed by atoms with van der Waals surface area (Å²) in [6.07, 6.45) is 0. The average molecular weight is 314 g/mol. The van der Waals surface area contributed by atoms with Crippen molar-refractivity contribution in [2.45, 2.75) is 0 Å². The van der Waals surface area contributed by atoms with Crippen LogP contribution in [0.25, 0.3) is 0 Å². The maximum atomic E-state index is 13.0. The summed E-state index contributed by atoms with van der Waals surface area (Å²) >= 11 is 11.3. The van der Waals surface area contributed by atoms with Crippen molar-refractivity contribution in [3.8, 4) is 5.75 Å². The lowest BCUT2D eigenvalue weighted by atomic mass is 10.3. The fourth-order valence-corrected chi connectivity index (χ4v) is 1.76. The summed E-state index contributed by atoms with van der Waals surface area (Å²) in [6, 6.07) is 10.6. The first-order valence-corrected chi connectivity index (χ1v) is 6.43. The zero-order valence-corrected chi connectivity index (χ0v) is 11.7. The van der Waals surface area contributed by atoms with Crippen molar-refractivity contribution < 1.29 is 13.9 Å². The Kier molecular flexibility index (Phi) is 4.82. The lowest BCUT2D eigenvalue weighted by Gasteiger charge is -2.08. The first kappa shape index (κ1) is 14.6. The number of hydrogen-bond acceptors (Lipinski definition) is 2. The molecule has 0 heterocycles. The standard InChI is InChI=1S/C14H10Cl2FNO2/c15-9-1-4-11(5-2-9)20-8-14(19)18-10-3-6-13(17)12(16)7-10/h1-7H,8H2,(H,18,19). The molecule has 0 aromatic heterocycles. The Morgan fingerprint density at radius 1 is 1.15 bits per heavy atom. The minimum absolute atomic E-state index is 0.0542. The highest BCUT2D eigenvalue weighted by molar-refractivity contribution is 6.31. The van der Waals surface area contributed by atoms with Gasteiger partial charge in [0, 0.05) is 10.7 Å². The van der Waals surface area contributed by atoms with Crippen molar-refractivity contribution in [1.82, 2.24) is 0 Å². The molecule has 2 rings (SSSR count). The number of amides is 1. The van der Waals surface area contributed by atoms with Gasteiger partial charge in [0.25, 0.3) is 5.91 Å². The van der Waals surface area contributed by atoms with Crippen LogP contribution < -0.4 is 10.1 Å². The number of hydrogen-bond donors (Lipinski definition) is 1. The Bertz CT molecular complexity index is 617. The van der Waals surface area contributed by atoms with Gasteiger partial charge in [0.15, 0.2) is 6.61 Å². The van der Waals surface area contributed by atoms with Crippen LogP contribution in [0.3, 0.4) is 0 Å². The molecule has 0 saturated heterocycles. The first-order valence-electron chi connectivity index (χ1n) is 5.68. The molecule has 0 unspecified atom stereocenters. The summed E-state index contributed by atoms with van der Waals surface area (Å²) in [6.45, 7) is -0.170. The van der Waals surface area contributed by atoms with Crippen LogP contribution in [-0.2, 0) is 4.79 Å². The zero-order chi connectivity index (χ0) is 14.5. The van der Waals surface area contributed by atoms with Gasteiger partial charge in [-0.2, -0.15) is 0 Å². The Labute approximate surface area is 125 Å². The topological polar surface area (TPSA) is 38.3 Å². The van der Waals surface area contributed by atoms with Crippen LogP contribution in [0.5, 0.6) is 5.75 Å². The molecular formula is C14H10Cl2FNO2. The normalized spacial score (nSPS) is 10.2. The molecule has 0 spiro atoms. The number of benzene rings is 2. The van der Waals surface area contributed by atoms with Crippen molar-refractivity contribution in [3.63, 3.8) is 0 Å². The van der Waals surface area contributed by atoms with Crippen LogP contribution in [0.4, 0.5) is 10.1 Å². The lowest BCUT2D eigenvalue weighted by molar-refractivity contribution is -0.118. The van der Waals surface area contributed by atoms with Gasteiger partial charge in [0.1, 0.15) is 11.6 Å². The van der Waals surface area contributed by atoms with Crippen molar-refractivity contribution in [2.24, 2.45) is 0 Å². The largest absolute Gasteiger partial charge is 0.484 e. The average Bonchev–Trinajstić information content (AvgIpc) is 2.42. The van der Waals surface area contributed by atoms with Gasteiger partial charge in [-0.25, -0.2) is 4.39 Å². The molecule has 0 bridgehead atoms. The van der Waals surface area contributed by atoms with Crippen molar-refractivity contribution >= 4 is 34.8 Å². The molecule has 104 valence electrons. The van der Waals surface area contributed by atoms with Gasteiger partial charge < -0.3 is 10.1 Å². The van der Waals surface area contributed by atoms with Crippen LogP contribution in [0.1, 0.15) is 0 Å². The molecule has 0 aliphatic heterocycles. The van der Waals surface area contributed by atoms with Crippen LogP contribution in [-0.4, -0.2) is 12.5 Å². The summed E-state index contributed by atoms with van der Waals surface area (Å²) in [5, 5.41) is 3.08. The molecule has 1 N–H and O–H groups in total. The Morgan fingerprint density at radius 3 is 2.50 bits per heavy atom. The maximum absolute atomic E-state index is 13.0. The summed E-state index contributed by atoms with van der Waals surface area (Å²) < 4.78 is 18.2. The van der Waals surface area contributed by atoms with E-state index in [1.165, 1.54) is 18.2 Å². The third-order valence-corrected chi connectivity index (χ3v) is 2.93. The van der Waals surface area contributed by atoms with E-state index in [0.29, 0.717) is 16.5 Å². The van der Waals surface area contributed by atoms with E-state index in [1.54, 1.807) is 24.3 Å². The molecule has 0 aliphatic rings. The third-order valence-electron chi connectivity index (χ3n) is 2.39. The molecule has 0 atom stereocenters. The second-order valence-electron chi connectivity index (χ2n) is 3.92. The highest BCUT2D eigenvalue weighted by Crippen LogP contribution is 2.19.